The Morgan fingerprint density at radius 3 is 2.25 bits per heavy atom. The standard InChI is InChI=1S/C23H24N2OS2/c1-2-26-21-14-10-18(11-15-21)16-24-23(27)25-20-12-8-19(9-13-20)17-28-22-6-4-3-5-7-22/h3-15H,2,16-17H2,1H3,(H2,24,25,27). The van der Waals surface area contributed by atoms with Crippen LogP contribution in [0.4, 0.5) is 5.69 Å². The average molecular weight is 409 g/mol. The Hall–Kier alpha value is -2.50. The molecule has 3 aromatic rings. The van der Waals surface area contributed by atoms with E-state index >= 15 is 0 Å². The molecule has 0 aromatic heterocycles. The first-order valence-electron chi connectivity index (χ1n) is 9.26. The maximum atomic E-state index is 5.46. The summed E-state index contributed by atoms with van der Waals surface area (Å²) in [5, 5.41) is 7.08. The van der Waals surface area contributed by atoms with Crippen LogP contribution in [0.25, 0.3) is 0 Å². The summed E-state index contributed by atoms with van der Waals surface area (Å²) >= 11 is 7.24. The highest BCUT2D eigenvalue weighted by atomic mass is 32.2. The lowest BCUT2D eigenvalue weighted by atomic mass is 10.2. The van der Waals surface area contributed by atoms with Gasteiger partial charge >= 0.3 is 0 Å². The molecule has 3 rings (SSSR count). The zero-order valence-electron chi connectivity index (χ0n) is 15.9. The number of benzene rings is 3. The molecule has 5 heteroatoms. The third kappa shape index (κ3) is 6.59. The number of thioether (sulfide) groups is 1. The summed E-state index contributed by atoms with van der Waals surface area (Å²) in [7, 11) is 0. The van der Waals surface area contributed by atoms with E-state index in [2.05, 4.69) is 59.2 Å². The first-order valence-corrected chi connectivity index (χ1v) is 10.7. The quantitative estimate of drug-likeness (QED) is 0.360. The molecule has 0 saturated heterocycles. The van der Waals surface area contributed by atoms with Gasteiger partial charge in [0, 0.05) is 22.9 Å². The molecule has 0 aliphatic rings. The summed E-state index contributed by atoms with van der Waals surface area (Å²) in [6, 6.07) is 26.9. The molecular formula is C23H24N2OS2. The van der Waals surface area contributed by atoms with Gasteiger partial charge in [-0.1, -0.05) is 42.5 Å². The summed E-state index contributed by atoms with van der Waals surface area (Å²) < 4.78 is 5.46. The second kappa shape index (κ2) is 10.7. The van der Waals surface area contributed by atoms with Crippen molar-refractivity contribution in [2.45, 2.75) is 24.1 Å². The third-order valence-corrected chi connectivity index (χ3v) is 5.38. The molecule has 0 aliphatic heterocycles. The van der Waals surface area contributed by atoms with Gasteiger partial charge in [-0.05, 0) is 66.7 Å². The zero-order valence-corrected chi connectivity index (χ0v) is 17.5. The van der Waals surface area contributed by atoms with Crippen LogP contribution >= 0.6 is 24.0 Å². The Labute approximate surface area is 176 Å². The molecule has 2 N–H and O–H groups in total. The minimum atomic E-state index is 0.611. The Balaban J connectivity index is 1.43. The van der Waals surface area contributed by atoms with Crippen molar-refractivity contribution in [3.63, 3.8) is 0 Å². The maximum absolute atomic E-state index is 5.46. The van der Waals surface area contributed by atoms with Crippen molar-refractivity contribution >= 4 is 34.8 Å². The van der Waals surface area contributed by atoms with E-state index < -0.39 is 0 Å². The van der Waals surface area contributed by atoms with Gasteiger partial charge in [-0.15, -0.1) is 11.8 Å². The second-order valence-corrected chi connectivity index (χ2v) is 7.64. The fraction of sp³-hybridized carbons (Fsp3) is 0.174. The van der Waals surface area contributed by atoms with E-state index in [9.17, 15) is 0 Å². The Bertz CT molecular complexity index is 865. The highest BCUT2D eigenvalue weighted by molar-refractivity contribution is 7.98. The van der Waals surface area contributed by atoms with Crippen LogP contribution in [-0.4, -0.2) is 11.7 Å². The third-order valence-electron chi connectivity index (χ3n) is 4.05. The summed E-state index contributed by atoms with van der Waals surface area (Å²) in [4.78, 5) is 1.28. The molecule has 0 spiro atoms. The molecule has 3 nitrogen and oxygen atoms in total. The number of thiocarbonyl (C=S) groups is 1. The summed E-state index contributed by atoms with van der Waals surface area (Å²) in [6.45, 7) is 3.33. The Morgan fingerprint density at radius 1 is 0.893 bits per heavy atom. The molecule has 28 heavy (non-hydrogen) atoms. The van der Waals surface area contributed by atoms with Crippen molar-refractivity contribution in [2.24, 2.45) is 0 Å². The highest BCUT2D eigenvalue weighted by Crippen LogP contribution is 2.23. The first kappa shape index (κ1) is 20.2. The molecule has 0 heterocycles. The van der Waals surface area contributed by atoms with Crippen LogP contribution in [0.5, 0.6) is 5.75 Å². The molecule has 0 radical (unpaired) electrons. The van der Waals surface area contributed by atoms with Crippen LogP contribution in [0.1, 0.15) is 18.1 Å². The molecule has 0 saturated carbocycles. The zero-order chi connectivity index (χ0) is 19.6. The SMILES string of the molecule is CCOc1ccc(CNC(=S)Nc2ccc(CSc3ccccc3)cc2)cc1. The topological polar surface area (TPSA) is 33.3 Å². The van der Waals surface area contributed by atoms with Crippen LogP contribution in [0.3, 0.4) is 0 Å². The van der Waals surface area contributed by atoms with E-state index in [-0.39, 0.29) is 0 Å². The fourth-order valence-electron chi connectivity index (χ4n) is 2.60. The van der Waals surface area contributed by atoms with Gasteiger partial charge in [0.25, 0.3) is 0 Å². The van der Waals surface area contributed by atoms with E-state index in [4.69, 9.17) is 17.0 Å². The van der Waals surface area contributed by atoms with Crippen LogP contribution in [0.2, 0.25) is 0 Å². The Kier molecular flexibility index (Phi) is 7.76. The van der Waals surface area contributed by atoms with Crippen LogP contribution in [0, 0.1) is 0 Å². The van der Waals surface area contributed by atoms with Gasteiger partial charge in [0.1, 0.15) is 5.75 Å². The average Bonchev–Trinajstić information content (AvgIpc) is 2.74. The lowest BCUT2D eigenvalue weighted by Crippen LogP contribution is -2.27. The van der Waals surface area contributed by atoms with Gasteiger partial charge in [-0.3, -0.25) is 0 Å². The molecule has 0 atom stereocenters. The van der Waals surface area contributed by atoms with Gasteiger partial charge in [0.2, 0.25) is 0 Å². The van der Waals surface area contributed by atoms with Crippen LogP contribution in [-0.2, 0) is 12.3 Å². The van der Waals surface area contributed by atoms with E-state index in [0.29, 0.717) is 18.3 Å². The van der Waals surface area contributed by atoms with E-state index in [0.717, 1.165) is 22.8 Å². The number of nitrogens with one attached hydrogen (secondary N) is 2. The van der Waals surface area contributed by atoms with Crippen molar-refractivity contribution in [3.05, 3.63) is 90.0 Å². The lowest BCUT2D eigenvalue weighted by Gasteiger charge is -2.11. The normalized spacial score (nSPS) is 10.3. The lowest BCUT2D eigenvalue weighted by molar-refractivity contribution is 0.340. The van der Waals surface area contributed by atoms with Gasteiger partial charge in [0.15, 0.2) is 5.11 Å². The van der Waals surface area contributed by atoms with Crippen molar-refractivity contribution in [1.82, 2.24) is 5.32 Å². The maximum Gasteiger partial charge on any atom is 0.171 e. The van der Waals surface area contributed by atoms with Crippen molar-refractivity contribution in [2.75, 3.05) is 11.9 Å². The van der Waals surface area contributed by atoms with Crippen molar-refractivity contribution in [1.29, 1.82) is 0 Å². The molecule has 0 fully saturated rings. The van der Waals surface area contributed by atoms with Gasteiger partial charge in [0.05, 0.1) is 6.61 Å². The minimum absolute atomic E-state index is 0.611. The summed E-state index contributed by atoms with van der Waals surface area (Å²) in [5.41, 5.74) is 3.42. The number of anilines is 1. The summed E-state index contributed by atoms with van der Waals surface area (Å²) in [6.07, 6.45) is 0. The molecule has 3 aromatic carbocycles. The van der Waals surface area contributed by atoms with E-state index in [1.54, 1.807) is 0 Å². The minimum Gasteiger partial charge on any atom is -0.494 e. The Morgan fingerprint density at radius 2 is 1.57 bits per heavy atom. The van der Waals surface area contributed by atoms with Gasteiger partial charge in [-0.2, -0.15) is 0 Å². The number of hydrogen-bond acceptors (Lipinski definition) is 3. The summed E-state index contributed by atoms with van der Waals surface area (Å²) in [5.74, 6) is 1.84. The molecule has 0 aliphatic carbocycles. The monoisotopic (exact) mass is 408 g/mol. The molecular weight excluding hydrogens is 384 g/mol. The van der Waals surface area contributed by atoms with Crippen LogP contribution in [0.15, 0.2) is 83.8 Å². The fourth-order valence-corrected chi connectivity index (χ4v) is 3.66. The largest absolute Gasteiger partial charge is 0.494 e. The van der Waals surface area contributed by atoms with Crippen molar-refractivity contribution in [3.8, 4) is 5.75 Å². The first-order chi connectivity index (χ1) is 13.7. The number of rotatable bonds is 8. The molecule has 144 valence electrons. The molecule has 0 unspecified atom stereocenters. The van der Waals surface area contributed by atoms with Crippen LogP contribution < -0.4 is 15.4 Å². The second-order valence-electron chi connectivity index (χ2n) is 6.18. The van der Waals surface area contributed by atoms with Gasteiger partial charge in [-0.25, -0.2) is 0 Å². The predicted octanol–water partition coefficient (Wildman–Crippen LogP) is 5.86. The molecule has 0 amide bonds. The van der Waals surface area contributed by atoms with E-state index in [1.807, 2.05) is 49.0 Å². The van der Waals surface area contributed by atoms with E-state index in [1.165, 1.54) is 10.5 Å². The number of ether oxygens (including phenoxy) is 1. The predicted molar refractivity (Wildman–Crippen MR) is 123 cm³/mol. The van der Waals surface area contributed by atoms with Crippen molar-refractivity contribution < 1.29 is 4.74 Å². The highest BCUT2D eigenvalue weighted by Gasteiger charge is 2.01. The number of hydrogen-bond donors (Lipinski definition) is 2. The smallest absolute Gasteiger partial charge is 0.171 e. The van der Waals surface area contributed by atoms with Gasteiger partial charge < -0.3 is 15.4 Å². The molecule has 0 bridgehead atoms.